The Labute approximate surface area is 151 Å². The summed E-state index contributed by atoms with van der Waals surface area (Å²) in [7, 11) is 0. The van der Waals surface area contributed by atoms with Gasteiger partial charge in [-0.25, -0.2) is 0 Å². The summed E-state index contributed by atoms with van der Waals surface area (Å²) < 4.78 is 11.6. The van der Waals surface area contributed by atoms with Gasteiger partial charge in [-0.05, 0) is 62.8 Å². The predicted molar refractivity (Wildman–Crippen MR) is 96.3 cm³/mol. The van der Waals surface area contributed by atoms with Crippen LogP contribution in [0.15, 0.2) is 0 Å². The van der Waals surface area contributed by atoms with Gasteiger partial charge in [-0.3, -0.25) is 4.79 Å². The maximum Gasteiger partial charge on any atom is 0.249 e. The zero-order valence-electron chi connectivity index (χ0n) is 15.5. The van der Waals surface area contributed by atoms with E-state index in [-0.39, 0.29) is 18.1 Å². The molecule has 1 amide bonds. The second kappa shape index (κ2) is 8.36. The number of fused-ring (bicyclic) bond motifs is 1. The van der Waals surface area contributed by atoms with E-state index >= 15 is 0 Å². The largest absolute Gasteiger partial charge is 0.381 e. The standard InChI is InChI=1S/C20H34N2O3/c23-20(21-12-15-6-9-24-10-7-15)18-11-17-5-8-22(14-19(17)25-18)13-16-3-1-2-4-16/h15-19H,1-14H2,(H,21,23)/t17-,18+,19+/m0/s1. The number of hydrogen-bond acceptors (Lipinski definition) is 4. The van der Waals surface area contributed by atoms with E-state index in [9.17, 15) is 4.79 Å². The molecular weight excluding hydrogens is 316 g/mol. The van der Waals surface area contributed by atoms with Crippen LogP contribution in [0.3, 0.4) is 0 Å². The molecule has 0 aromatic rings. The highest BCUT2D eigenvalue weighted by molar-refractivity contribution is 5.81. The van der Waals surface area contributed by atoms with Gasteiger partial charge in [0.25, 0.3) is 0 Å². The van der Waals surface area contributed by atoms with Gasteiger partial charge in [0.15, 0.2) is 0 Å². The number of carbonyl (C=O) groups is 1. The summed E-state index contributed by atoms with van der Waals surface area (Å²) >= 11 is 0. The van der Waals surface area contributed by atoms with E-state index in [1.807, 2.05) is 0 Å². The normalized spacial score (nSPS) is 35.0. The summed E-state index contributed by atoms with van der Waals surface area (Å²) in [6.45, 7) is 5.92. The van der Waals surface area contributed by atoms with Gasteiger partial charge in [0, 0.05) is 32.8 Å². The van der Waals surface area contributed by atoms with Crippen molar-refractivity contribution in [3.63, 3.8) is 0 Å². The van der Waals surface area contributed by atoms with Crippen molar-refractivity contribution in [1.82, 2.24) is 10.2 Å². The molecule has 25 heavy (non-hydrogen) atoms. The van der Waals surface area contributed by atoms with Crippen LogP contribution in [-0.2, 0) is 14.3 Å². The minimum absolute atomic E-state index is 0.114. The molecule has 3 atom stereocenters. The SMILES string of the molecule is O=C(NCC1CCOCC1)[C@H]1C[C@@H]2CCN(CC3CCCC3)C[C@H]2O1. The Morgan fingerprint density at radius 1 is 1.04 bits per heavy atom. The molecule has 0 radical (unpaired) electrons. The van der Waals surface area contributed by atoms with E-state index in [1.165, 1.54) is 45.2 Å². The molecule has 3 saturated heterocycles. The summed E-state index contributed by atoms with van der Waals surface area (Å²) in [5.74, 6) is 2.17. The highest BCUT2D eigenvalue weighted by Crippen LogP contribution is 2.35. The molecule has 5 heteroatoms. The molecule has 0 spiro atoms. The van der Waals surface area contributed by atoms with Crippen molar-refractivity contribution in [2.45, 2.75) is 63.6 Å². The molecule has 4 aliphatic rings. The first kappa shape index (κ1) is 17.7. The molecule has 4 fully saturated rings. The molecular formula is C20H34N2O3. The Morgan fingerprint density at radius 3 is 2.64 bits per heavy atom. The Balaban J connectivity index is 1.21. The van der Waals surface area contributed by atoms with E-state index in [0.717, 1.165) is 51.5 Å². The number of nitrogens with one attached hydrogen (secondary N) is 1. The second-order valence-electron chi connectivity index (χ2n) is 8.66. The fourth-order valence-corrected chi connectivity index (χ4v) is 5.20. The number of nitrogens with zero attached hydrogens (tertiary/aromatic N) is 1. The molecule has 4 rings (SSSR count). The van der Waals surface area contributed by atoms with E-state index in [1.54, 1.807) is 0 Å². The summed E-state index contributed by atoms with van der Waals surface area (Å²) in [6.07, 6.45) is 9.93. The third-order valence-electron chi connectivity index (χ3n) is 6.83. The molecule has 0 bridgehead atoms. The summed E-state index contributed by atoms with van der Waals surface area (Å²) in [6, 6.07) is 0. The van der Waals surface area contributed by atoms with Crippen LogP contribution in [0, 0.1) is 17.8 Å². The minimum atomic E-state index is -0.221. The Bertz CT molecular complexity index is 446. The van der Waals surface area contributed by atoms with Gasteiger partial charge in [0.05, 0.1) is 6.10 Å². The maximum atomic E-state index is 12.5. The van der Waals surface area contributed by atoms with Crippen molar-refractivity contribution in [1.29, 1.82) is 0 Å². The lowest BCUT2D eigenvalue weighted by Gasteiger charge is -2.35. The zero-order chi connectivity index (χ0) is 17.1. The van der Waals surface area contributed by atoms with Gasteiger partial charge in [-0.2, -0.15) is 0 Å². The van der Waals surface area contributed by atoms with Gasteiger partial charge in [-0.15, -0.1) is 0 Å². The predicted octanol–water partition coefficient (Wildman–Crippen LogP) is 2.20. The lowest BCUT2D eigenvalue weighted by atomic mass is 9.91. The van der Waals surface area contributed by atoms with Crippen molar-refractivity contribution < 1.29 is 14.3 Å². The van der Waals surface area contributed by atoms with Gasteiger partial charge < -0.3 is 19.7 Å². The molecule has 3 heterocycles. The average Bonchev–Trinajstić information content (AvgIpc) is 3.30. The first-order valence-corrected chi connectivity index (χ1v) is 10.5. The van der Waals surface area contributed by atoms with Gasteiger partial charge >= 0.3 is 0 Å². The van der Waals surface area contributed by atoms with Gasteiger partial charge in [0.1, 0.15) is 6.10 Å². The lowest BCUT2D eigenvalue weighted by molar-refractivity contribution is -0.133. The fraction of sp³-hybridized carbons (Fsp3) is 0.950. The molecule has 0 unspecified atom stereocenters. The van der Waals surface area contributed by atoms with Crippen molar-refractivity contribution >= 4 is 5.91 Å². The fourth-order valence-electron chi connectivity index (χ4n) is 5.20. The van der Waals surface area contributed by atoms with Gasteiger partial charge in [0.2, 0.25) is 5.91 Å². The van der Waals surface area contributed by atoms with Crippen molar-refractivity contribution in [2.75, 3.05) is 39.4 Å². The lowest BCUT2D eigenvalue weighted by Crippen LogP contribution is -2.44. The maximum absolute atomic E-state index is 12.5. The molecule has 0 aromatic heterocycles. The average molecular weight is 351 g/mol. The molecule has 142 valence electrons. The van der Waals surface area contributed by atoms with Gasteiger partial charge in [-0.1, -0.05) is 12.8 Å². The molecule has 0 aromatic carbocycles. The molecule has 1 saturated carbocycles. The van der Waals surface area contributed by atoms with E-state index < -0.39 is 0 Å². The van der Waals surface area contributed by atoms with Crippen molar-refractivity contribution in [2.24, 2.45) is 17.8 Å². The van der Waals surface area contributed by atoms with Crippen LogP contribution in [0.25, 0.3) is 0 Å². The monoisotopic (exact) mass is 350 g/mol. The zero-order valence-corrected chi connectivity index (χ0v) is 15.5. The van der Waals surface area contributed by atoms with E-state index in [4.69, 9.17) is 9.47 Å². The van der Waals surface area contributed by atoms with Crippen LogP contribution in [0.1, 0.15) is 51.4 Å². The molecule has 1 N–H and O–H groups in total. The number of rotatable bonds is 5. The van der Waals surface area contributed by atoms with E-state index in [0.29, 0.717) is 11.8 Å². The summed E-state index contributed by atoms with van der Waals surface area (Å²) in [4.78, 5) is 15.1. The Kier molecular flexibility index (Phi) is 5.94. The highest BCUT2D eigenvalue weighted by atomic mass is 16.5. The van der Waals surface area contributed by atoms with Crippen LogP contribution in [0.4, 0.5) is 0 Å². The first-order chi connectivity index (χ1) is 12.3. The summed E-state index contributed by atoms with van der Waals surface area (Å²) in [5.41, 5.74) is 0. The Hall–Kier alpha value is -0.650. The minimum Gasteiger partial charge on any atom is -0.381 e. The highest BCUT2D eigenvalue weighted by Gasteiger charge is 2.42. The van der Waals surface area contributed by atoms with Crippen LogP contribution in [-0.4, -0.2) is 62.4 Å². The molecule has 5 nitrogen and oxygen atoms in total. The van der Waals surface area contributed by atoms with Crippen LogP contribution >= 0.6 is 0 Å². The number of piperidine rings is 1. The van der Waals surface area contributed by atoms with Crippen LogP contribution < -0.4 is 5.32 Å². The third kappa shape index (κ3) is 4.55. The van der Waals surface area contributed by atoms with Crippen molar-refractivity contribution in [3.8, 4) is 0 Å². The number of likely N-dealkylation sites (tertiary alicyclic amines) is 1. The smallest absolute Gasteiger partial charge is 0.249 e. The number of hydrogen-bond donors (Lipinski definition) is 1. The Morgan fingerprint density at radius 2 is 1.84 bits per heavy atom. The first-order valence-electron chi connectivity index (χ1n) is 10.5. The third-order valence-corrected chi connectivity index (χ3v) is 6.83. The van der Waals surface area contributed by atoms with Crippen LogP contribution in [0.2, 0.25) is 0 Å². The second-order valence-corrected chi connectivity index (χ2v) is 8.66. The molecule has 3 aliphatic heterocycles. The van der Waals surface area contributed by atoms with E-state index in [2.05, 4.69) is 10.2 Å². The number of carbonyl (C=O) groups excluding carboxylic acids is 1. The summed E-state index contributed by atoms with van der Waals surface area (Å²) in [5, 5.41) is 3.14. The topological polar surface area (TPSA) is 50.8 Å². The number of amides is 1. The van der Waals surface area contributed by atoms with Crippen molar-refractivity contribution in [3.05, 3.63) is 0 Å². The molecule has 1 aliphatic carbocycles. The van der Waals surface area contributed by atoms with Crippen LogP contribution in [0.5, 0.6) is 0 Å². The number of ether oxygens (including phenoxy) is 2. The quantitative estimate of drug-likeness (QED) is 0.826.